The van der Waals surface area contributed by atoms with E-state index in [0.29, 0.717) is 33.3 Å². The van der Waals surface area contributed by atoms with Gasteiger partial charge in [-0.3, -0.25) is 14.6 Å². The van der Waals surface area contributed by atoms with Gasteiger partial charge in [-0.1, -0.05) is 12.1 Å². The minimum absolute atomic E-state index is 0.201. The molecule has 0 saturated heterocycles. The van der Waals surface area contributed by atoms with Gasteiger partial charge in [0.2, 0.25) is 5.91 Å². The molecule has 2 N–H and O–H groups in total. The molecule has 0 bridgehead atoms. The summed E-state index contributed by atoms with van der Waals surface area (Å²) in [7, 11) is 1.48. The zero-order valence-corrected chi connectivity index (χ0v) is 17.0. The van der Waals surface area contributed by atoms with Gasteiger partial charge in [0.15, 0.2) is 0 Å². The van der Waals surface area contributed by atoms with Crippen LogP contribution in [0, 0.1) is 5.82 Å². The molecule has 0 atom stereocenters. The topological polar surface area (TPSA) is 80.3 Å². The van der Waals surface area contributed by atoms with Gasteiger partial charge in [-0.05, 0) is 36.4 Å². The van der Waals surface area contributed by atoms with Crippen LogP contribution in [0.5, 0.6) is 5.75 Å². The first-order valence-corrected chi connectivity index (χ1v) is 10.1. The second-order valence-electron chi connectivity index (χ2n) is 6.19. The fourth-order valence-electron chi connectivity index (χ4n) is 2.60. The van der Waals surface area contributed by atoms with Crippen molar-refractivity contribution >= 4 is 35.0 Å². The Morgan fingerprint density at radius 3 is 2.67 bits per heavy atom. The van der Waals surface area contributed by atoms with E-state index in [0.717, 1.165) is 0 Å². The van der Waals surface area contributed by atoms with E-state index in [-0.39, 0.29) is 24.1 Å². The Hall–Kier alpha value is -3.39. The zero-order chi connectivity index (χ0) is 21.3. The smallest absolute Gasteiger partial charge is 0.257 e. The number of anilines is 2. The number of hydrogen-bond donors (Lipinski definition) is 2. The van der Waals surface area contributed by atoms with Crippen LogP contribution in [0.3, 0.4) is 0 Å². The summed E-state index contributed by atoms with van der Waals surface area (Å²) in [5.41, 5.74) is 1.43. The van der Waals surface area contributed by atoms with E-state index in [1.54, 1.807) is 54.7 Å². The summed E-state index contributed by atoms with van der Waals surface area (Å²) in [5.74, 6) is 0.0436. The maximum Gasteiger partial charge on any atom is 0.257 e. The van der Waals surface area contributed by atoms with Crippen molar-refractivity contribution in [1.29, 1.82) is 0 Å². The number of ether oxygens (including phenoxy) is 1. The minimum Gasteiger partial charge on any atom is -0.494 e. The quantitative estimate of drug-likeness (QED) is 0.516. The van der Waals surface area contributed by atoms with Crippen LogP contribution in [0.15, 0.2) is 71.9 Å². The van der Waals surface area contributed by atoms with Gasteiger partial charge in [-0.15, -0.1) is 11.8 Å². The molecule has 6 nitrogen and oxygen atoms in total. The molecule has 0 spiro atoms. The largest absolute Gasteiger partial charge is 0.494 e. The van der Waals surface area contributed by atoms with Crippen LogP contribution in [0.25, 0.3) is 0 Å². The molecule has 0 radical (unpaired) electrons. The lowest BCUT2D eigenvalue weighted by molar-refractivity contribution is -0.115. The summed E-state index contributed by atoms with van der Waals surface area (Å²) in [6, 6.07) is 14.7. The van der Waals surface area contributed by atoms with Gasteiger partial charge in [0, 0.05) is 41.2 Å². The molecule has 0 aliphatic rings. The number of nitrogens with zero attached hydrogens (tertiary/aromatic N) is 1. The first-order chi connectivity index (χ1) is 14.6. The minimum atomic E-state index is -0.316. The number of methoxy groups -OCH3 is 1. The van der Waals surface area contributed by atoms with Crippen molar-refractivity contribution in [1.82, 2.24) is 4.98 Å². The van der Waals surface area contributed by atoms with Crippen molar-refractivity contribution in [2.24, 2.45) is 0 Å². The predicted octanol–water partition coefficient (Wildman–Crippen LogP) is 4.60. The van der Waals surface area contributed by atoms with Gasteiger partial charge in [-0.25, -0.2) is 4.39 Å². The maximum absolute atomic E-state index is 13.6. The lowest BCUT2D eigenvalue weighted by Crippen LogP contribution is -2.14. The van der Waals surface area contributed by atoms with Crippen molar-refractivity contribution < 1.29 is 18.7 Å². The third-order valence-electron chi connectivity index (χ3n) is 4.08. The van der Waals surface area contributed by atoms with E-state index >= 15 is 0 Å². The number of hydrogen-bond acceptors (Lipinski definition) is 5. The Bertz CT molecular complexity index is 1030. The maximum atomic E-state index is 13.6. The van der Waals surface area contributed by atoms with Crippen molar-refractivity contribution in [3.63, 3.8) is 0 Å². The number of thioether (sulfide) groups is 1. The number of carbonyl (C=O) groups is 2. The van der Waals surface area contributed by atoms with E-state index in [9.17, 15) is 14.0 Å². The molecule has 3 aromatic rings. The SMILES string of the molecule is COc1cc(NC(=O)CCSc2ccccc2F)ccc1NC(=O)c1cccnc1. The second-order valence-corrected chi connectivity index (χ2v) is 7.32. The monoisotopic (exact) mass is 425 g/mol. The van der Waals surface area contributed by atoms with E-state index < -0.39 is 0 Å². The summed E-state index contributed by atoms with van der Waals surface area (Å²) < 4.78 is 18.9. The molecular formula is C22H20FN3O3S. The van der Waals surface area contributed by atoms with Gasteiger partial charge in [0.1, 0.15) is 11.6 Å². The molecule has 0 unspecified atom stereocenters. The van der Waals surface area contributed by atoms with Gasteiger partial charge in [-0.2, -0.15) is 0 Å². The Balaban J connectivity index is 1.57. The van der Waals surface area contributed by atoms with Crippen molar-refractivity contribution in [2.75, 3.05) is 23.5 Å². The highest BCUT2D eigenvalue weighted by atomic mass is 32.2. The Labute approximate surface area is 177 Å². The average Bonchev–Trinajstić information content (AvgIpc) is 2.76. The Morgan fingerprint density at radius 2 is 1.93 bits per heavy atom. The standard InChI is InChI=1S/C22H20FN3O3S/c1-29-19-13-16(8-9-18(19)26-22(28)15-5-4-11-24-14-15)25-21(27)10-12-30-20-7-3-2-6-17(20)23/h2-9,11,13-14H,10,12H2,1H3,(H,25,27)(H,26,28). The molecule has 3 rings (SSSR count). The van der Waals surface area contributed by atoms with Gasteiger partial charge < -0.3 is 15.4 Å². The summed E-state index contributed by atoms with van der Waals surface area (Å²) >= 11 is 1.29. The normalized spacial score (nSPS) is 10.3. The summed E-state index contributed by atoms with van der Waals surface area (Å²) in [6.45, 7) is 0. The lowest BCUT2D eigenvalue weighted by atomic mass is 10.2. The molecule has 0 aliphatic carbocycles. The molecule has 154 valence electrons. The van der Waals surface area contributed by atoms with Crippen molar-refractivity contribution in [2.45, 2.75) is 11.3 Å². The third-order valence-corrected chi connectivity index (χ3v) is 5.13. The van der Waals surface area contributed by atoms with Crippen LogP contribution in [0.1, 0.15) is 16.8 Å². The highest BCUT2D eigenvalue weighted by molar-refractivity contribution is 7.99. The third kappa shape index (κ3) is 5.81. The molecular weight excluding hydrogens is 405 g/mol. The van der Waals surface area contributed by atoms with Crippen LogP contribution in [-0.2, 0) is 4.79 Å². The van der Waals surface area contributed by atoms with Crippen molar-refractivity contribution in [3.8, 4) is 5.75 Å². The van der Waals surface area contributed by atoms with Crippen LogP contribution >= 0.6 is 11.8 Å². The van der Waals surface area contributed by atoms with E-state index in [1.807, 2.05) is 0 Å². The number of rotatable bonds is 8. The molecule has 8 heteroatoms. The Kier molecular flexibility index (Phi) is 7.40. The molecule has 0 fully saturated rings. The second kappa shape index (κ2) is 10.4. The van der Waals surface area contributed by atoms with Crippen LogP contribution in [0.2, 0.25) is 0 Å². The van der Waals surface area contributed by atoms with E-state index in [2.05, 4.69) is 15.6 Å². The Morgan fingerprint density at radius 1 is 1.10 bits per heavy atom. The molecule has 0 saturated carbocycles. The number of nitrogens with one attached hydrogen (secondary N) is 2. The van der Waals surface area contributed by atoms with Gasteiger partial charge in [0.05, 0.1) is 18.4 Å². The molecule has 2 aromatic carbocycles. The molecule has 1 aromatic heterocycles. The first kappa shape index (κ1) is 21.3. The number of benzene rings is 2. The fraction of sp³-hybridized carbons (Fsp3) is 0.136. The first-order valence-electron chi connectivity index (χ1n) is 9.13. The molecule has 1 heterocycles. The molecule has 0 aliphatic heterocycles. The lowest BCUT2D eigenvalue weighted by Gasteiger charge is -2.13. The van der Waals surface area contributed by atoms with Crippen LogP contribution in [-0.4, -0.2) is 29.7 Å². The average molecular weight is 425 g/mol. The van der Waals surface area contributed by atoms with E-state index in [1.165, 1.54) is 31.1 Å². The van der Waals surface area contributed by atoms with Gasteiger partial charge in [0.25, 0.3) is 5.91 Å². The highest BCUT2D eigenvalue weighted by Gasteiger charge is 2.12. The van der Waals surface area contributed by atoms with E-state index in [4.69, 9.17) is 4.74 Å². The number of pyridine rings is 1. The van der Waals surface area contributed by atoms with Gasteiger partial charge >= 0.3 is 0 Å². The summed E-state index contributed by atoms with van der Waals surface area (Å²) in [5, 5.41) is 5.54. The number of carbonyl (C=O) groups excluding carboxylic acids is 2. The van der Waals surface area contributed by atoms with Crippen LogP contribution in [0.4, 0.5) is 15.8 Å². The highest BCUT2D eigenvalue weighted by Crippen LogP contribution is 2.29. The summed E-state index contributed by atoms with van der Waals surface area (Å²) in [4.78, 5) is 28.9. The summed E-state index contributed by atoms with van der Waals surface area (Å²) in [6.07, 6.45) is 3.28. The molecule has 30 heavy (non-hydrogen) atoms. The number of halogens is 1. The number of amides is 2. The molecule has 2 amide bonds. The number of aromatic nitrogens is 1. The zero-order valence-electron chi connectivity index (χ0n) is 16.2. The van der Waals surface area contributed by atoms with Crippen LogP contribution < -0.4 is 15.4 Å². The van der Waals surface area contributed by atoms with Crippen molar-refractivity contribution in [3.05, 3.63) is 78.4 Å². The fourth-order valence-corrected chi connectivity index (χ4v) is 3.49. The predicted molar refractivity (Wildman–Crippen MR) is 116 cm³/mol.